The summed E-state index contributed by atoms with van der Waals surface area (Å²) < 4.78 is 10.1. The van der Waals surface area contributed by atoms with E-state index in [-0.39, 0.29) is 0 Å². The molecule has 1 aliphatic rings. The summed E-state index contributed by atoms with van der Waals surface area (Å²) in [6, 6.07) is 0. The molecule has 0 aromatic heterocycles. The first-order valence-corrected chi connectivity index (χ1v) is 7.02. The molecule has 0 aromatic carbocycles. The van der Waals surface area contributed by atoms with E-state index < -0.39 is 6.72 Å². The van der Waals surface area contributed by atoms with Crippen molar-refractivity contribution in [3.63, 3.8) is 0 Å². The van der Waals surface area contributed by atoms with Gasteiger partial charge in [0.25, 0.3) is 0 Å². The topological polar surface area (TPSA) is 58.9 Å². The molecule has 1 atom stereocenters. The maximum absolute atomic E-state index is 8.74. The molecule has 1 unspecified atom stereocenters. The van der Waals surface area contributed by atoms with E-state index in [4.69, 9.17) is 14.5 Å². The maximum Gasteiger partial charge on any atom is 0.321 e. The summed E-state index contributed by atoms with van der Waals surface area (Å²) in [5, 5.41) is 0. The van der Waals surface area contributed by atoms with Gasteiger partial charge in [0.15, 0.2) is 0 Å². The zero-order valence-corrected chi connectivity index (χ0v) is 9.10. The molecular weight excluding hydrogens is 211 g/mol. The lowest BCUT2D eigenvalue weighted by atomic mass is 10.1. The minimum absolute atomic E-state index is 0.310. The van der Waals surface area contributed by atoms with Crippen molar-refractivity contribution >= 4 is 18.5 Å². The molecule has 0 aromatic rings. The second-order valence-electron chi connectivity index (χ2n) is 3.10. The van der Waals surface area contributed by atoms with Crippen molar-refractivity contribution < 1.29 is 19.0 Å². The lowest BCUT2D eigenvalue weighted by molar-refractivity contribution is 0.0971. The number of rotatable bonds is 5. The summed E-state index contributed by atoms with van der Waals surface area (Å²) in [6.45, 7) is -2.27. The Morgan fingerprint density at radius 3 is 2.85 bits per heavy atom. The van der Waals surface area contributed by atoms with Gasteiger partial charge >= 0.3 is 6.72 Å². The van der Waals surface area contributed by atoms with Crippen LogP contribution in [0.3, 0.4) is 0 Å². The van der Waals surface area contributed by atoms with Crippen LogP contribution in [0.25, 0.3) is 0 Å². The third-order valence-electron chi connectivity index (χ3n) is 1.95. The summed E-state index contributed by atoms with van der Waals surface area (Å²) in [7, 11) is 0. The molecule has 0 spiro atoms. The van der Waals surface area contributed by atoms with Gasteiger partial charge in [-0.3, -0.25) is 0 Å². The Balaban J connectivity index is 1.97. The van der Waals surface area contributed by atoms with Crippen LogP contribution in [-0.2, 0) is 21.1 Å². The van der Waals surface area contributed by atoms with Crippen LogP contribution in [-0.4, -0.2) is 29.1 Å². The Hall–Kier alpha value is 0.490. The van der Waals surface area contributed by atoms with Gasteiger partial charge in [-0.05, 0) is 37.5 Å². The van der Waals surface area contributed by atoms with Crippen molar-refractivity contribution in [1.82, 2.24) is 0 Å². The normalized spacial score (nSPS) is 23.7. The van der Waals surface area contributed by atoms with Crippen LogP contribution in [0, 0.1) is 0 Å². The van der Waals surface area contributed by atoms with Gasteiger partial charge in [0.1, 0.15) is 0 Å². The van der Waals surface area contributed by atoms with Crippen LogP contribution in [0.15, 0.2) is 0 Å². The smallest absolute Gasteiger partial charge is 0.321 e. The second kappa shape index (κ2) is 5.39. The van der Waals surface area contributed by atoms with E-state index in [1.54, 1.807) is 0 Å². The molecule has 78 valence electrons. The van der Waals surface area contributed by atoms with Gasteiger partial charge in [0.05, 0.1) is 12.7 Å². The number of ether oxygens (including phenoxy) is 1. The molecule has 0 bridgehead atoms. The average Bonchev–Trinajstić information content (AvgIpc) is 2.48. The highest BCUT2D eigenvalue weighted by Gasteiger charge is 2.15. The third-order valence-corrected chi connectivity index (χ3v) is 2.79. The Morgan fingerprint density at radius 1 is 1.54 bits per heavy atom. The standard InChI is InChI=1S/C7H15O4PS/c8-12(9,13)11-6-2-4-7-3-1-5-10-7/h7H,1-6H2,(H2,8,9,13). The Bertz CT molecular complexity index is 187. The molecule has 0 aliphatic carbocycles. The van der Waals surface area contributed by atoms with E-state index in [0.717, 1.165) is 32.3 Å². The summed E-state index contributed by atoms with van der Waals surface area (Å²) in [5.41, 5.74) is 0. The quantitative estimate of drug-likeness (QED) is 0.544. The van der Waals surface area contributed by atoms with E-state index in [9.17, 15) is 0 Å². The van der Waals surface area contributed by atoms with E-state index >= 15 is 0 Å². The summed E-state index contributed by atoms with van der Waals surface area (Å²) in [5.74, 6) is 0. The van der Waals surface area contributed by atoms with Crippen molar-refractivity contribution in [1.29, 1.82) is 0 Å². The molecule has 0 saturated carbocycles. The van der Waals surface area contributed by atoms with Gasteiger partial charge in [-0.25, -0.2) is 0 Å². The zero-order chi connectivity index (χ0) is 9.73. The van der Waals surface area contributed by atoms with Crippen molar-refractivity contribution in [3.05, 3.63) is 0 Å². The molecule has 2 N–H and O–H groups in total. The highest BCUT2D eigenvalue weighted by atomic mass is 32.5. The third kappa shape index (κ3) is 5.73. The monoisotopic (exact) mass is 226 g/mol. The lowest BCUT2D eigenvalue weighted by Gasteiger charge is -2.10. The molecule has 1 saturated heterocycles. The molecule has 1 fully saturated rings. The minimum atomic E-state index is -3.43. The molecule has 1 rings (SSSR count). The SMILES string of the molecule is OP(O)(=S)OCCCC1CCCO1. The Kier molecular flexibility index (Phi) is 4.80. The molecule has 1 aliphatic heterocycles. The fourth-order valence-corrected chi connectivity index (χ4v) is 1.96. The van der Waals surface area contributed by atoms with Crippen LogP contribution in [0.2, 0.25) is 0 Å². The highest BCUT2D eigenvalue weighted by molar-refractivity contribution is 8.06. The number of hydrogen-bond donors (Lipinski definition) is 2. The van der Waals surface area contributed by atoms with Crippen LogP contribution >= 0.6 is 6.72 Å². The average molecular weight is 226 g/mol. The van der Waals surface area contributed by atoms with Crippen LogP contribution in [0.1, 0.15) is 25.7 Å². The van der Waals surface area contributed by atoms with Crippen molar-refractivity contribution in [2.45, 2.75) is 31.8 Å². The van der Waals surface area contributed by atoms with Crippen LogP contribution in [0.5, 0.6) is 0 Å². The van der Waals surface area contributed by atoms with Gasteiger partial charge in [-0.1, -0.05) is 0 Å². The Morgan fingerprint density at radius 2 is 2.31 bits per heavy atom. The van der Waals surface area contributed by atoms with Gasteiger partial charge in [-0.2, -0.15) is 0 Å². The van der Waals surface area contributed by atoms with Crippen molar-refractivity contribution in [2.24, 2.45) is 0 Å². The van der Waals surface area contributed by atoms with Crippen molar-refractivity contribution in [3.8, 4) is 0 Å². The molecule has 0 amide bonds. The lowest BCUT2D eigenvalue weighted by Crippen LogP contribution is -2.06. The summed E-state index contributed by atoms with van der Waals surface area (Å²) in [6.07, 6.45) is 4.24. The first-order chi connectivity index (χ1) is 6.08. The fourth-order valence-electron chi connectivity index (χ4n) is 1.37. The fraction of sp³-hybridized carbons (Fsp3) is 1.00. The van der Waals surface area contributed by atoms with E-state index in [0.29, 0.717) is 12.7 Å². The molecule has 0 radical (unpaired) electrons. The van der Waals surface area contributed by atoms with E-state index in [1.165, 1.54) is 0 Å². The predicted molar refractivity (Wildman–Crippen MR) is 52.9 cm³/mol. The van der Waals surface area contributed by atoms with Gasteiger partial charge in [-0.15, -0.1) is 0 Å². The van der Waals surface area contributed by atoms with E-state index in [1.807, 2.05) is 0 Å². The van der Waals surface area contributed by atoms with Gasteiger partial charge in [0.2, 0.25) is 0 Å². The first kappa shape index (κ1) is 11.6. The van der Waals surface area contributed by atoms with Gasteiger partial charge in [0, 0.05) is 6.61 Å². The summed E-state index contributed by atoms with van der Waals surface area (Å²) >= 11 is 4.30. The van der Waals surface area contributed by atoms with Gasteiger partial charge < -0.3 is 19.0 Å². The number of hydrogen-bond acceptors (Lipinski definition) is 3. The second-order valence-corrected chi connectivity index (χ2v) is 5.77. The molecule has 4 nitrogen and oxygen atoms in total. The minimum Gasteiger partial charge on any atom is -0.378 e. The Labute approximate surface area is 83.1 Å². The van der Waals surface area contributed by atoms with Crippen LogP contribution in [0.4, 0.5) is 0 Å². The molecule has 13 heavy (non-hydrogen) atoms. The zero-order valence-electron chi connectivity index (χ0n) is 7.39. The van der Waals surface area contributed by atoms with Crippen LogP contribution < -0.4 is 0 Å². The molecule has 6 heteroatoms. The first-order valence-electron chi connectivity index (χ1n) is 4.39. The molecule has 1 heterocycles. The summed E-state index contributed by atoms with van der Waals surface area (Å²) in [4.78, 5) is 17.5. The maximum atomic E-state index is 8.74. The van der Waals surface area contributed by atoms with E-state index in [2.05, 4.69) is 16.3 Å². The predicted octanol–water partition coefficient (Wildman–Crippen LogP) is 1.17. The van der Waals surface area contributed by atoms with Crippen molar-refractivity contribution in [2.75, 3.05) is 13.2 Å². The highest BCUT2D eigenvalue weighted by Crippen LogP contribution is 2.36. The largest absolute Gasteiger partial charge is 0.378 e. The molecular formula is C7H15O4PS.